The number of nitrogens with one attached hydrogen (secondary N) is 1. The van der Waals surface area contributed by atoms with Gasteiger partial charge in [0.2, 0.25) is 0 Å². The molecule has 0 amide bonds. The van der Waals surface area contributed by atoms with E-state index in [1.807, 2.05) is 6.07 Å². The van der Waals surface area contributed by atoms with Gasteiger partial charge in [0.25, 0.3) is 0 Å². The summed E-state index contributed by atoms with van der Waals surface area (Å²) in [4.78, 5) is 4.56. The lowest BCUT2D eigenvalue weighted by Gasteiger charge is -2.65. The van der Waals surface area contributed by atoms with E-state index >= 15 is 0 Å². The fourth-order valence-electron chi connectivity index (χ4n) is 6.57. The lowest BCUT2D eigenvalue weighted by molar-refractivity contribution is -0.0974. The molecule has 4 aliphatic carbocycles. The average molecular weight is 285 g/mol. The molecule has 21 heavy (non-hydrogen) atoms. The van der Waals surface area contributed by atoms with Crippen LogP contribution < -0.4 is 11.1 Å². The van der Waals surface area contributed by atoms with E-state index in [0.717, 1.165) is 17.4 Å². The van der Waals surface area contributed by atoms with Gasteiger partial charge in [-0.1, -0.05) is 13.8 Å². The van der Waals surface area contributed by atoms with Crippen LogP contribution in [0.15, 0.2) is 12.3 Å². The largest absolute Gasteiger partial charge is 0.397 e. The Morgan fingerprint density at radius 3 is 2.38 bits per heavy atom. The number of aryl methyl sites for hydroxylation is 1. The summed E-state index contributed by atoms with van der Waals surface area (Å²) < 4.78 is 0. The Kier molecular flexibility index (Phi) is 2.51. The smallest absolute Gasteiger partial charge is 0.129 e. The van der Waals surface area contributed by atoms with Crippen molar-refractivity contribution >= 4 is 11.5 Å². The highest BCUT2D eigenvalue weighted by atomic mass is 15.1. The molecule has 0 radical (unpaired) electrons. The summed E-state index contributed by atoms with van der Waals surface area (Å²) in [5.74, 6) is 1.94. The topological polar surface area (TPSA) is 50.9 Å². The average Bonchev–Trinajstić information content (AvgIpc) is 2.28. The molecule has 0 aliphatic heterocycles. The number of nitrogens with zero attached hydrogens (tertiary/aromatic N) is 1. The van der Waals surface area contributed by atoms with Crippen LogP contribution in [-0.2, 0) is 0 Å². The molecule has 2 atom stereocenters. The predicted molar refractivity (Wildman–Crippen MR) is 87.1 cm³/mol. The van der Waals surface area contributed by atoms with Crippen molar-refractivity contribution in [3.05, 3.63) is 17.8 Å². The molecule has 4 aliphatic rings. The molecule has 4 saturated carbocycles. The Balaban J connectivity index is 1.68. The Morgan fingerprint density at radius 1 is 1.14 bits per heavy atom. The Bertz CT molecular complexity index is 576. The van der Waals surface area contributed by atoms with Crippen molar-refractivity contribution in [3.63, 3.8) is 0 Å². The summed E-state index contributed by atoms with van der Waals surface area (Å²) in [5.41, 5.74) is 9.08. The van der Waals surface area contributed by atoms with Crippen LogP contribution in [0.5, 0.6) is 0 Å². The van der Waals surface area contributed by atoms with E-state index in [1.54, 1.807) is 6.20 Å². The molecule has 3 nitrogen and oxygen atoms in total. The van der Waals surface area contributed by atoms with Gasteiger partial charge in [-0.2, -0.15) is 0 Å². The highest BCUT2D eigenvalue weighted by Crippen LogP contribution is 2.66. The van der Waals surface area contributed by atoms with Crippen LogP contribution in [0.25, 0.3) is 0 Å². The van der Waals surface area contributed by atoms with Crippen LogP contribution in [0.4, 0.5) is 11.5 Å². The third-order valence-electron chi connectivity index (χ3n) is 6.11. The number of nitrogens with two attached hydrogens (primary N) is 1. The molecule has 0 aromatic carbocycles. The number of nitrogen functional groups attached to an aromatic ring is 1. The lowest BCUT2D eigenvalue weighted by Crippen LogP contribution is -2.61. The van der Waals surface area contributed by atoms with Gasteiger partial charge in [0.05, 0.1) is 11.9 Å². The normalized spacial score (nSPS) is 44.0. The van der Waals surface area contributed by atoms with Crippen molar-refractivity contribution < 1.29 is 0 Å². The van der Waals surface area contributed by atoms with Gasteiger partial charge >= 0.3 is 0 Å². The molecule has 4 fully saturated rings. The zero-order valence-electron chi connectivity index (χ0n) is 13.5. The van der Waals surface area contributed by atoms with E-state index < -0.39 is 0 Å². The van der Waals surface area contributed by atoms with Crippen molar-refractivity contribution in [1.82, 2.24) is 4.98 Å². The Morgan fingerprint density at radius 2 is 1.81 bits per heavy atom. The molecule has 3 heteroatoms. The second kappa shape index (κ2) is 3.93. The van der Waals surface area contributed by atoms with Crippen molar-refractivity contribution in [2.45, 2.75) is 64.8 Å². The molecular weight excluding hydrogens is 258 g/mol. The van der Waals surface area contributed by atoms with Crippen LogP contribution in [0.3, 0.4) is 0 Å². The maximum absolute atomic E-state index is 5.84. The standard InChI is InChI=1S/C18H27N3/c1-12-4-14(19)8-20-15(12)21-18-7-13-5-16(2,10-18)9-17(3,6-13)11-18/h4,8,13H,5-7,9-11,19H2,1-3H3,(H,20,21). The van der Waals surface area contributed by atoms with E-state index in [4.69, 9.17) is 5.73 Å². The maximum Gasteiger partial charge on any atom is 0.129 e. The highest BCUT2D eigenvalue weighted by molar-refractivity contribution is 5.52. The Hall–Kier alpha value is -1.25. The van der Waals surface area contributed by atoms with Crippen LogP contribution >= 0.6 is 0 Å². The molecule has 3 N–H and O–H groups in total. The highest BCUT2D eigenvalue weighted by Gasteiger charge is 2.60. The first kappa shape index (κ1) is 13.4. The van der Waals surface area contributed by atoms with Gasteiger partial charge in [-0.3, -0.25) is 0 Å². The molecule has 1 aromatic rings. The van der Waals surface area contributed by atoms with Gasteiger partial charge in [-0.15, -0.1) is 0 Å². The minimum Gasteiger partial charge on any atom is -0.397 e. The minimum absolute atomic E-state index is 0.261. The van der Waals surface area contributed by atoms with Crippen LogP contribution in [0, 0.1) is 23.7 Å². The van der Waals surface area contributed by atoms with Crippen molar-refractivity contribution in [3.8, 4) is 0 Å². The lowest BCUT2D eigenvalue weighted by atomic mass is 9.43. The first-order valence-corrected chi connectivity index (χ1v) is 8.29. The van der Waals surface area contributed by atoms with Gasteiger partial charge in [0, 0.05) is 5.54 Å². The van der Waals surface area contributed by atoms with E-state index in [-0.39, 0.29) is 5.54 Å². The first-order valence-electron chi connectivity index (χ1n) is 8.29. The summed E-state index contributed by atoms with van der Waals surface area (Å²) in [6.07, 6.45) is 9.98. The number of aromatic nitrogens is 1. The molecule has 1 aromatic heterocycles. The summed E-state index contributed by atoms with van der Waals surface area (Å²) in [6, 6.07) is 2.03. The third kappa shape index (κ3) is 2.13. The molecule has 0 saturated heterocycles. The van der Waals surface area contributed by atoms with E-state index in [2.05, 4.69) is 31.1 Å². The van der Waals surface area contributed by atoms with Gasteiger partial charge < -0.3 is 11.1 Å². The summed E-state index contributed by atoms with van der Waals surface area (Å²) in [7, 11) is 0. The predicted octanol–water partition coefficient (Wildman–Crippen LogP) is 4.13. The minimum atomic E-state index is 0.261. The SMILES string of the molecule is Cc1cc(N)cnc1NC12CC3CC(C)(CC(C)(C3)C1)C2. The van der Waals surface area contributed by atoms with E-state index in [1.165, 1.54) is 44.1 Å². The number of hydrogen-bond donors (Lipinski definition) is 2. The number of hydrogen-bond acceptors (Lipinski definition) is 3. The zero-order chi connectivity index (χ0) is 14.9. The molecule has 2 unspecified atom stereocenters. The molecule has 114 valence electrons. The second-order valence-corrected chi connectivity index (χ2v) is 8.97. The van der Waals surface area contributed by atoms with Gasteiger partial charge in [0.15, 0.2) is 0 Å². The van der Waals surface area contributed by atoms with Gasteiger partial charge in [-0.25, -0.2) is 4.98 Å². The summed E-state index contributed by atoms with van der Waals surface area (Å²) in [6.45, 7) is 7.13. The van der Waals surface area contributed by atoms with Gasteiger partial charge in [-0.05, 0) is 73.8 Å². The van der Waals surface area contributed by atoms with E-state index in [0.29, 0.717) is 10.8 Å². The monoisotopic (exact) mass is 285 g/mol. The van der Waals surface area contributed by atoms with Crippen LogP contribution in [0.2, 0.25) is 0 Å². The number of rotatable bonds is 2. The summed E-state index contributed by atoms with van der Waals surface area (Å²) in [5, 5.41) is 3.87. The van der Waals surface area contributed by atoms with Gasteiger partial charge in [0.1, 0.15) is 5.82 Å². The molecule has 4 bridgehead atoms. The van der Waals surface area contributed by atoms with E-state index in [9.17, 15) is 0 Å². The van der Waals surface area contributed by atoms with Crippen molar-refractivity contribution in [1.29, 1.82) is 0 Å². The molecular formula is C18H27N3. The fourth-order valence-corrected chi connectivity index (χ4v) is 6.57. The summed E-state index contributed by atoms with van der Waals surface area (Å²) >= 11 is 0. The number of anilines is 2. The van der Waals surface area contributed by atoms with Crippen molar-refractivity contribution in [2.24, 2.45) is 16.7 Å². The molecule has 0 spiro atoms. The van der Waals surface area contributed by atoms with Crippen LogP contribution in [0.1, 0.15) is 57.9 Å². The van der Waals surface area contributed by atoms with Crippen LogP contribution in [-0.4, -0.2) is 10.5 Å². The maximum atomic E-state index is 5.84. The second-order valence-electron chi connectivity index (χ2n) is 8.97. The zero-order valence-corrected chi connectivity index (χ0v) is 13.5. The quantitative estimate of drug-likeness (QED) is 0.859. The molecule has 1 heterocycles. The Labute approximate surface area is 127 Å². The number of pyridine rings is 1. The molecule has 5 rings (SSSR count). The first-order chi connectivity index (χ1) is 9.79. The fraction of sp³-hybridized carbons (Fsp3) is 0.722. The third-order valence-corrected chi connectivity index (χ3v) is 6.11. The van der Waals surface area contributed by atoms with Crippen molar-refractivity contribution in [2.75, 3.05) is 11.1 Å².